The largest absolute Gasteiger partial charge is 0.326 e. The normalized spacial score (nSPS) is 14.8. The minimum absolute atomic E-state index is 0.175. The molecule has 0 bridgehead atoms. The van der Waals surface area contributed by atoms with Crippen molar-refractivity contribution in [1.82, 2.24) is 0 Å². The van der Waals surface area contributed by atoms with Crippen molar-refractivity contribution in [2.24, 2.45) is 0 Å². The number of carbonyl (C=O) groups is 3. The number of benzene rings is 3. The van der Waals surface area contributed by atoms with E-state index in [-0.39, 0.29) is 17.7 Å². The van der Waals surface area contributed by atoms with Crippen molar-refractivity contribution in [3.05, 3.63) is 70.8 Å². The van der Waals surface area contributed by atoms with Gasteiger partial charge < -0.3 is 5.32 Å². The highest BCUT2D eigenvalue weighted by atomic mass is 16.2. The van der Waals surface area contributed by atoms with Gasteiger partial charge in [0.05, 0.1) is 5.69 Å². The first kappa shape index (κ1) is 15.8. The van der Waals surface area contributed by atoms with E-state index in [1.165, 1.54) is 23.0 Å². The highest BCUT2D eigenvalue weighted by molar-refractivity contribution is 6.36. The Morgan fingerprint density at radius 2 is 1.37 bits per heavy atom. The van der Waals surface area contributed by atoms with Crippen LogP contribution in [0.25, 0.3) is 10.8 Å². The molecule has 0 unspecified atom stereocenters. The molecule has 132 valence electrons. The molecule has 5 rings (SSSR count). The predicted molar refractivity (Wildman–Crippen MR) is 103 cm³/mol. The summed E-state index contributed by atoms with van der Waals surface area (Å²) in [4.78, 5) is 38.7. The molecular weight excluding hydrogens is 340 g/mol. The van der Waals surface area contributed by atoms with Gasteiger partial charge in [-0.25, -0.2) is 4.90 Å². The monoisotopic (exact) mass is 356 g/mol. The average Bonchev–Trinajstić information content (AvgIpc) is 3.07. The minimum Gasteiger partial charge on any atom is -0.326 e. The number of carbonyl (C=O) groups excluding carboxylic acids is 3. The fraction of sp³-hybridized carbons (Fsp3) is 0.136. The average molecular weight is 356 g/mol. The Bertz CT molecular complexity index is 1100. The Balaban J connectivity index is 1.64. The second kappa shape index (κ2) is 5.51. The van der Waals surface area contributed by atoms with Crippen molar-refractivity contribution in [3.8, 4) is 0 Å². The van der Waals surface area contributed by atoms with Gasteiger partial charge in [-0.3, -0.25) is 14.4 Å². The molecular formula is C22H16N2O3. The lowest BCUT2D eigenvalue weighted by Crippen LogP contribution is -2.40. The fourth-order valence-electron chi connectivity index (χ4n) is 4.15. The number of hydrogen-bond acceptors (Lipinski definition) is 3. The van der Waals surface area contributed by atoms with Crippen LogP contribution in [0.2, 0.25) is 0 Å². The molecule has 0 saturated carbocycles. The third-order valence-corrected chi connectivity index (χ3v) is 5.31. The lowest BCUT2D eigenvalue weighted by molar-refractivity contribution is -0.114. The van der Waals surface area contributed by atoms with Gasteiger partial charge in [-0.2, -0.15) is 0 Å². The molecule has 1 heterocycles. The third kappa shape index (κ3) is 2.21. The number of hydrogen-bond donors (Lipinski definition) is 1. The summed E-state index contributed by atoms with van der Waals surface area (Å²) in [6.07, 6.45) is 1.90. The minimum atomic E-state index is -0.310. The van der Waals surface area contributed by atoms with E-state index in [0.29, 0.717) is 22.5 Å². The lowest BCUT2D eigenvalue weighted by atomic mass is 9.91. The van der Waals surface area contributed by atoms with E-state index in [4.69, 9.17) is 0 Å². The van der Waals surface area contributed by atoms with E-state index >= 15 is 0 Å². The maximum absolute atomic E-state index is 13.2. The van der Waals surface area contributed by atoms with Crippen LogP contribution in [-0.2, 0) is 17.6 Å². The number of rotatable bonds is 2. The molecule has 27 heavy (non-hydrogen) atoms. The molecule has 0 fully saturated rings. The van der Waals surface area contributed by atoms with Gasteiger partial charge in [0.25, 0.3) is 11.8 Å². The van der Waals surface area contributed by atoms with Gasteiger partial charge in [-0.15, -0.1) is 0 Å². The molecule has 5 heteroatoms. The highest BCUT2D eigenvalue weighted by Crippen LogP contribution is 2.39. The number of amides is 3. The van der Waals surface area contributed by atoms with Gasteiger partial charge in [0.15, 0.2) is 0 Å². The number of nitrogens with zero attached hydrogens (tertiary/aromatic N) is 1. The summed E-state index contributed by atoms with van der Waals surface area (Å²) >= 11 is 0. The molecule has 0 saturated heterocycles. The van der Waals surface area contributed by atoms with Crippen LogP contribution >= 0.6 is 0 Å². The summed E-state index contributed by atoms with van der Waals surface area (Å²) < 4.78 is 0. The highest BCUT2D eigenvalue weighted by Gasteiger charge is 2.35. The van der Waals surface area contributed by atoms with E-state index in [2.05, 4.69) is 5.32 Å². The van der Waals surface area contributed by atoms with Crippen molar-refractivity contribution in [1.29, 1.82) is 0 Å². The molecule has 5 nitrogen and oxygen atoms in total. The van der Waals surface area contributed by atoms with Gasteiger partial charge in [0.1, 0.15) is 0 Å². The maximum Gasteiger partial charge on any atom is 0.265 e. The smallest absolute Gasteiger partial charge is 0.265 e. The number of aryl methyl sites for hydroxylation is 2. The molecule has 1 N–H and O–H groups in total. The molecule has 0 aromatic heterocycles. The van der Waals surface area contributed by atoms with Crippen molar-refractivity contribution in [3.63, 3.8) is 0 Å². The summed E-state index contributed by atoms with van der Waals surface area (Å²) in [6.45, 7) is 1.43. The molecule has 3 aromatic rings. The second-order valence-corrected chi connectivity index (χ2v) is 6.97. The first-order chi connectivity index (χ1) is 13.0. The Hall–Kier alpha value is -3.47. The summed E-state index contributed by atoms with van der Waals surface area (Å²) in [5.74, 6) is -0.795. The van der Waals surface area contributed by atoms with Gasteiger partial charge in [0, 0.05) is 29.1 Å². The SMILES string of the molecule is CC(=O)Nc1ccc(N2C(=O)c3ccc4c5c(ccc(c35)C2=O)CC4)cc1. The molecule has 0 radical (unpaired) electrons. The van der Waals surface area contributed by atoms with Crippen molar-refractivity contribution < 1.29 is 14.4 Å². The summed E-state index contributed by atoms with van der Waals surface area (Å²) in [6, 6.07) is 14.4. The van der Waals surface area contributed by atoms with Gasteiger partial charge in [0.2, 0.25) is 5.91 Å². The van der Waals surface area contributed by atoms with Crippen molar-refractivity contribution in [2.75, 3.05) is 10.2 Å². The van der Waals surface area contributed by atoms with Gasteiger partial charge in [-0.05, 0) is 65.8 Å². The van der Waals surface area contributed by atoms with Crippen LogP contribution in [0.15, 0.2) is 48.5 Å². The van der Waals surface area contributed by atoms with E-state index in [9.17, 15) is 14.4 Å². The van der Waals surface area contributed by atoms with E-state index < -0.39 is 0 Å². The Labute approximate surface area is 155 Å². The zero-order chi connectivity index (χ0) is 18.7. The van der Waals surface area contributed by atoms with Crippen LogP contribution in [0.5, 0.6) is 0 Å². The van der Waals surface area contributed by atoms with Gasteiger partial charge in [-0.1, -0.05) is 12.1 Å². The molecule has 0 spiro atoms. The van der Waals surface area contributed by atoms with Crippen LogP contribution in [0.1, 0.15) is 38.8 Å². The number of anilines is 2. The summed E-state index contributed by atoms with van der Waals surface area (Å²) in [5, 5.41) is 4.55. The number of imide groups is 1. The topological polar surface area (TPSA) is 66.5 Å². The molecule has 2 aliphatic rings. The van der Waals surface area contributed by atoms with Crippen molar-refractivity contribution in [2.45, 2.75) is 19.8 Å². The van der Waals surface area contributed by atoms with Crippen LogP contribution in [0, 0.1) is 0 Å². The standard InChI is InChI=1S/C22H16N2O3/c1-12(25)23-15-6-8-16(9-7-15)24-21(26)17-10-4-13-2-3-14-5-11-18(22(24)27)20(17)19(13)14/h4-11H,2-3H2,1H3,(H,23,25). The zero-order valence-corrected chi connectivity index (χ0v) is 14.7. The van der Waals surface area contributed by atoms with E-state index in [1.807, 2.05) is 24.3 Å². The zero-order valence-electron chi connectivity index (χ0n) is 14.7. The first-order valence-corrected chi connectivity index (χ1v) is 8.88. The Kier molecular flexibility index (Phi) is 3.22. The van der Waals surface area contributed by atoms with Crippen LogP contribution in [-0.4, -0.2) is 17.7 Å². The van der Waals surface area contributed by atoms with Crippen LogP contribution in [0.4, 0.5) is 11.4 Å². The van der Waals surface area contributed by atoms with Crippen molar-refractivity contribution >= 4 is 39.9 Å². The third-order valence-electron chi connectivity index (χ3n) is 5.31. The first-order valence-electron chi connectivity index (χ1n) is 8.88. The van der Waals surface area contributed by atoms with Crippen LogP contribution < -0.4 is 10.2 Å². The van der Waals surface area contributed by atoms with Gasteiger partial charge >= 0.3 is 0 Å². The molecule has 3 aromatic carbocycles. The predicted octanol–water partition coefficient (Wildman–Crippen LogP) is 3.70. The second-order valence-electron chi connectivity index (χ2n) is 6.97. The quantitative estimate of drug-likeness (QED) is 0.712. The number of nitrogens with one attached hydrogen (secondary N) is 1. The fourth-order valence-corrected chi connectivity index (χ4v) is 4.15. The van der Waals surface area contributed by atoms with Crippen LogP contribution in [0.3, 0.4) is 0 Å². The maximum atomic E-state index is 13.2. The summed E-state index contributed by atoms with van der Waals surface area (Å²) in [7, 11) is 0. The Morgan fingerprint density at radius 3 is 1.89 bits per heavy atom. The molecule has 3 amide bonds. The molecule has 0 atom stereocenters. The molecule has 1 aliphatic carbocycles. The van der Waals surface area contributed by atoms with E-state index in [0.717, 1.165) is 23.6 Å². The molecule has 1 aliphatic heterocycles. The summed E-state index contributed by atoms with van der Waals surface area (Å²) in [5.41, 5.74) is 4.65. The lowest BCUT2D eigenvalue weighted by Gasteiger charge is -2.27. The van der Waals surface area contributed by atoms with E-state index in [1.54, 1.807) is 24.3 Å². The Morgan fingerprint density at radius 1 is 0.815 bits per heavy atom.